The third-order valence-corrected chi connectivity index (χ3v) is 4.79. The van der Waals surface area contributed by atoms with E-state index >= 15 is 0 Å². The number of fused-ring (bicyclic) bond motifs is 2. The summed E-state index contributed by atoms with van der Waals surface area (Å²) >= 11 is 0. The van der Waals surface area contributed by atoms with E-state index in [1.165, 1.54) is 17.9 Å². The molecule has 0 fully saturated rings. The lowest BCUT2D eigenvalue weighted by molar-refractivity contribution is 0.0934. The molecule has 0 aliphatic rings. The molecule has 2 heterocycles. The van der Waals surface area contributed by atoms with Crippen LogP contribution < -0.4 is 16.0 Å². The second-order valence-corrected chi connectivity index (χ2v) is 6.75. The molecule has 0 radical (unpaired) electrons. The van der Waals surface area contributed by atoms with Gasteiger partial charge in [0.05, 0.1) is 12.9 Å². The second kappa shape index (κ2) is 6.97. The molecule has 1 atom stereocenters. The molecule has 144 valence electrons. The molecule has 1 unspecified atom stereocenters. The number of imidazole rings is 1. The highest BCUT2D eigenvalue weighted by atomic mass is 16.5. The van der Waals surface area contributed by atoms with Crippen molar-refractivity contribution >= 4 is 21.9 Å². The Hall–Kier alpha value is -3.39. The van der Waals surface area contributed by atoms with Crippen molar-refractivity contribution in [1.82, 2.24) is 18.7 Å². The fraction of sp³-hybridized carbons (Fsp3) is 0.250. The van der Waals surface area contributed by atoms with Crippen LogP contribution in [0.15, 0.2) is 58.4 Å². The first kappa shape index (κ1) is 18.0. The van der Waals surface area contributed by atoms with Gasteiger partial charge in [-0.05, 0) is 22.9 Å². The van der Waals surface area contributed by atoms with Gasteiger partial charge in [0.2, 0.25) is 0 Å². The van der Waals surface area contributed by atoms with Crippen LogP contribution >= 0.6 is 0 Å². The molecule has 4 aromatic rings. The summed E-state index contributed by atoms with van der Waals surface area (Å²) in [6.07, 6.45) is 0.593. The van der Waals surface area contributed by atoms with Crippen LogP contribution in [0, 0.1) is 0 Å². The lowest BCUT2D eigenvalue weighted by Crippen LogP contribution is -2.38. The SMILES string of the molecule is Cn1c(=O)c2c(ncn2CC(O)COc2ccc3ccccc3c2)n(C)c1=O. The normalized spacial score (nSPS) is 12.5. The van der Waals surface area contributed by atoms with Crippen LogP contribution in [0.5, 0.6) is 5.75 Å². The molecule has 0 aliphatic carbocycles. The number of ether oxygens (including phenoxy) is 1. The third kappa shape index (κ3) is 3.07. The zero-order valence-electron chi connectivity index (χ0n) is 15.6. The van der Waals surface area contributed by atoms with Gasteiger partial charge in [-0.25, -0.2) is 9.78 Å². The van der Waals surface area contributed by atoms with Crippen LogP contribution in [0.4, 0.5) is 0 Å². The monoisotopic (exact) mass is 380 g/mol. The average Bonchev–Trinajstić information content (AvgIpc) is 3.12. The standard InChI is InChI=1S/C20H20N4O4/c1-22-18-17(19(26)23(2)20(22)27)24(12-21-18)10-15(25)11-28-16-8-7-13-5-3-4-6-14(13)9-16/h3-9,12,15,25H,10-11H2,1-2H3. The number of rotatable bonds is 5. The van der Waals surface area contributed by atoms with Crippen LogP contribution in [0.25, 0.3) is 21.9 Å². The van der Waals surface area contributed by atoms with Crippen LogP contribution in [-0.2, 0) is 20.6 Å². The summed E-state index contributed by atoms with van der Waals surface area (Å²) in [4.78, 5) is 28.6. The first-order valence-electron chi connectivity index (χ1n) is 8.86. The number of aromatic nitrogens is 4. The fourth-order valence-electron chi connectivity index (χ4n) is 3.26. The van der Waals surface area contributed by atoms with Crippen molar-refractivity contribution in [2.24, 2.45) is 14.1 Å². The Morgan fingerprint density at radius 2 is 1.82 bits per heavy atom. The molecule has 8 nitrogen and oxygen atoms in total. The molecular weight excluding hydrogens is 360 g/mol. The van der Waals surface area contributed by atoms with Gasteiger partial charge in [0, 0.05) is 14.1 Å². The van der Waals surface area contributed by atoms with E-state index in [0.717, 1.165) is 15.3 Å². The first-order valence-corrected chi connectivity index (χ1v) is 8.86. The number of hydrogen-bond acceptors (Lipinski definition) is 5. The van der Waals surface area contributed by atoms with E-state index in [9.17, 15) is 14.7 Å². The van der Waals surface area contributed by atoms with E-state index in [-0.39, 0.29) is 24.3 Å². The highest BCUT2D eigenvalue weighted by Crippen LogP contribution is 2.20. The van der Waals surface area contributed by atoms with E-state index in [1.807, 2.05) is 42.5 Å². The van der Waals surface area contributed by atoms with Crippen molar-refractivity contribution in [2.75, 3.05) is 6.61 Å². The van der Waals surface area contributed by atoms with E-state index in [0.29, 0.717) is 5.75 Å². The molecular formula is C20H20N4O4. The Morgan fingerprint density at radius 1 is 1.07 bits per heavy atom. The summed E-state index contributed by atoms with van der Waals surface area (Å²) in [6, 6.07) is 13.7. The third-order valence-electron chi connectivity index (χ3n) is 4.79. The van der Waals surface area contributed by atoms with Gasteiger partial charge in [0.25, 0.3) is 5.56 Å². The van der Waals surface area contributed by atoms with Crippen LogP contribution in [0.2, 0.25) is 0 Å². The first-order chi connectivity index (χ1) is 13.5. The summed E-state index contributed by atoms with van der Waals surface area (Å²) in [5.74, 6) is 0.659. The molecule has 28 heavy (non-hydrogen) atoms. The summed E-state index contributed by atoms with van der Waals surface area (Å²) in [5, 5.41) is 12.6. The van der Waals surface area contributed by atoms with Crippen LogP contribution in [0.3, 0.4) is 0 Å². The number of hydrogen-bond donors (Lipinski definition) is 1. The smallest absolute Gasteiger partial charge is 0.332 e. The van der Waals surface area contributed by atoms with Gasteiger partial charge in [-0.2, -0.15) is 0 Å². The number of aliphatic hydroxyl groups excluding tert-OH is 1. The minimum absolute atomic E-state index is 0.0596. The summed E-state index contributed by atoms with van der Waals surface area (Å²) in [6.45, 7) is 0.182. The minimum atomic E-state index is -0.856. The second-order valence-electron chi connectivity index (χ2n) is 6.75. The van der Waals surface area contributed by atoms with E-state index < -0.39 is 17.4 Å². The highest BCUT2D eigenvalue weighted by molar-refractivity contribution is 5.83. The molecule has 2 aromatic heterocycles. The van der Waals surface area contributed by atoms with Gasteiger partial charge in [-0.3, -0.25) is 13.9 Å². The largest absolute Gasteiger partial charge is 0.491 e. The lowest BCUT2D eigenvalue weighted by atomic mass is 10.1. The predicted molar refractivity (Wildman–Crippen MR) is 106 cm³/mol. The average molecular weight is 380 g/mol. The van der Waals surface area contributed by atoms with Crippen molar-refractivity contribution in [1.29, 1.82) is 0 Å². The maximum atomic E-state index is 12.4. The van der Waals surface area contributed by atoms with Crippen molar-refractivity contribution in [2.45, 2.75) is 12.6 Å². The molecule has 0 spiro atoms. The molecule has 0 bridgehead atoms. The van der Waals surface area contributed by atoms with Crippen LogP contribution in [-0.4, -0.2) is 36.5 Å². The minimum Gasteiger partial charge on any atom is -0.491 e. The fourth-order valence-corrected chi connectivity index (χ4v) is 3.26. The Labute approximate surface area is 159 Å². The van der Waals surface area contributed by atoms with E-state index in [4.69, 9.17) is 4.74 Å². The van der Waals surface area contributed by atoms with Gasteiger partial charge in [-0.15, -0.1) is 0 Å². The topological polar surface area (TPSA) is 91.3 Å². The zero-order chi connectivity index (χ0) is 19.8. The molecule has 8 heteroatoms. The van der Waals surface area contributed by atoms with Crippen molar-refractivity contribution < 1.29 is 9.84 Å². The van der Waals surface area contributed by atoms with Gasteiger partial charge in [-0.1, -0.05) is 30.3 Å². The maximum absolute atomic E-state index is 12.4. The number of benzene rings is 2. The molecule has 1 N–H and O–H groups in total. The lowest BCUT2D eigenvalue weighted by Gasteiger charge is -2.14. The van der Waals surface area contributed by atoms with Crippen LogP contribution in [0.1, 0.15) is 0 Å². The Balaban J connectivity index is 1.53. The molecule has 2 aromatic carbocycles. The van der Waals surface area contributed by atoms with Gasteiger partial charge < -0.3 is 14.4 Å². The quantitative estimate of drug-likeness (QED) is 0.558. The van der Waals surface area contributed by atoms with Gasteiger partial charge >= 0.3 is 5.69 Å². The number of nitrogens with zero attached hydrogens (tertiary/aromatic N) is 4. The maximum Gasteiger partial charge on any atom is 0.332 e. The molecule has 4 rings (SSSR count). The van der Waals surface area contributed by atoms with Crippen molar-refractivity contribution in [3.8, 4) is 5.75 Å². The molecule has 0 aliphatic heterocycles. The van der Waals surface area contributed by atoms with Gasteiger partial charge in [0.1, 0.15) is 18.5 Å². The predicted octanol–water partition coefficient (Wildman–Crippen LogP) is 1.03. The van der Waals surface area contributed by atoms with E-state index in [2.05, 4.69) is 4.98 Å². The molecule has 0 amide bonds. The number of aliphatic hydroxyl groups is 1. The Bertz CT molecular complexity index is 1290. The van der Waals surface area contributed by atoms with Gasteiger partial charge in [0.15, 0.2) is 11.2 Å². The number of aryl methyl sites for hydroxylation is 1. The Morgan fingerprint density at radius 3 is 2.61 bits per heavy atom. The summed E-state index contributed by atoms with van der Waals surface area (Å²) in [7, 11) is 2.97. The van der Waals surface area contributed by atoms with Crippen molar-refractivity contribution in [3.05, 3.63) is 69.6 Å². The molecule has 0 saturated heterocycles. The summed E-state index contributed by atoms with van der Waals surface area (Å²) < 4.78 is 9.60. The molecule has 0 saturated carbocycles. The summed E-state index contributed by atoms with van der Waals surface area (Å²) in [5.41, 5.74) is -0.328. The highest BCUT2D eigenvalue weighted by Gasteiger charge is 2.16. The Kier molecular flexibility index (Phi) is 4.48. The van der Waals surface area contributed by atoms with Crippen molar-refractivity contribution in [3.63, 3.8) is 0 Å². The van der Waals surface area contributed by atoms with E-state index in [1.54, 1.807) is 11.6 Å². The zero-order valence-corrected chi connectivity index (χ0v) is 15.6.